The average molecular weight is 2010 g/mol. The van der Waals surface area contributed by atoms with E-state index in [0.29, 0.717) is 97.7 Å². The van der Waals surface area contributed by atoms with E-state index < -0.39 is 27.1 Å². The van der Waals surface area contributed by atoms with Crippen molar-refractivity contribution in [2.45, 2.75) is 119 Å². The molecule has 150 heavy (non-hydrogen) atoms. The lowest BCUT2D eigenvalue weighted by Crippen LogP contribution is -2.28. The fraction of sp³-hybridized carbons (Fsp3) is 0.235. The number of rotatable bonds is 24. The van der Waals surface area contributed by atoms with E-state index in [0.717, 1.165) is 160 Å². The van der Waals surface area contributed by atoms with Gasteiger partial charge >= 0.3 is 0 Å². The normalized spacial score (nSPS) is 15.6. The summed E-state index contributed by atoms with van der Waals surface area (Å²) in [5.41, 5.74) is 15.4. The molecular formula is C119H106FN11O19. The lowest BCUT2D eigenvalue weighted by atomic mass is 9.94. The number of pyridine rings is 5. The molecule has 758 valence electrons. The van der Waals surface area contributed by atoms with Gasteiger partial charge in [-0.2, -0.15) is 0 Å². The van der Waals surface area contributed by atoms with Crippen molar-refractivity contribution in [3.63, 3.8) is 0 Å². The molecule has 10 aliphatic rings. The Morgan fingerprint density at radius 3 is 1.07 bits per heavy atom. The molecule has 10 aromatic carbocycles. The zero-order valence-corrected chi connectivity index (χ0v) is 83.3. The van der Waals surface area contributed by atoms with Gasteiger partial charge in [-0.3, -0.25) is 28.8 Å². The second-order valence-electron chi connectivity index (χ2n) is 38.6. The fourth-order valence-electron chi connectivity index (χ4n) is 19.5. The van der Waals surface area contributed by atoms with E-state index >= 15 is 0 Å². The van der Waals surface area contributed by atoms with E-state index in [1.807, 2.05) is 200 Å². The summed E-state index contributed by atoms with van der Waals surface area (Å²) >= 11 is 0. The SMILES string of the molecule is CN(C)C(=O)c1ccc(-c2cccc(NC(=O)C3(c4ccc5c(c4)OCO5)CC3)n2)cc1.COc1ccc(F)cc1-c1cccc(NC(=O)C2(c3ccc4c(c3)OCO4)CC2)n1.COc1ccccc1-c1ccc(NC(=O)C2(c3ccc4c(c3)OCO4)CC2)nc1.Cc1cc(C)c(-c2cccc(NC(=O)C3(c4ccc5c(c4)OCO5)CC3)n2)c(C)c1.O=C(Nc1ccc(-c2cccc(CO)c2)cn1)C1(c2ccc3c(c2)OCO3)CC1. The summed E-state index contributed by atoms with van der Waals surface area (Å²) in [6.07, 6.45) is 11.3. The molecule has 0 bridgehead atoms. The molecule has 0 saturated heterocycles. The average Bonchev–Trinajstić information content (AvgIpc) is 1.61. The van der Waals surface area contributed by atoms with Crippen LogP contribution in [0, 0.1) is 26.6 Å². The van der Waals surface area contributed by atoms with Gasteiger partial charge in [-0.1, -0.05) is 115 Å². The molecule has 5 aliphatic carbocycles. The van der Waals surface area contributed by atoms with Crippen LogP contribution >= 0.6 is 0 Å². The topological polar surface area (TPSA) is 361 Å². The van der Waals surface area contributed by atoms with Crippen LogP contribution in [0.25, 0.3) is 56.0 Å². The Hall–Kier alpha value is -17.7. The molecule has 0 atom stereocenters. The van der Waals surface area contributed by atoms with E-state index in [1.165, 1.54) is 40.8 Å². The van der Waals surface area contributed by atoms with Crippen molar-refractivity contribution in [2.24, 2.45) is 0 Å². The number of aliphatic hydroxyl groups is 1. The second kappa shape index (κ2) is 41.3. The van der Waals surface area contributed by atoms with E-state index in [9.17, 15) is 38.3 Å². The molecule has 6 amide bonds. The molecule has 6 N–H and O–H groups in total. The van der Waals surface area contributed by atoms with E-state index in [-0.39, 0.29) is 81.8 Å². The first-order chi connectivity index (χ1) is 72.9. The Morgan fingerprint density at radius 2 is 0.687 bits per heavy atom. The first-order valence-electron chi connectivity index (χ1n) is 49.4. The number of methoxy groups -OCH3 is 2. The lowest BCUT2D eigenvalue weighted by molar-refractivity contribution is -0.119. The Balaban J connectivity index is 0.000000110. The standard InChI is InChI=1S/C25H23N3O4.C25H24N2O3.C23H19FN2O4.2C23H20N2O4/c1-28(2)23(29)17-8-6-16(7-9-17)19-4-3-5-22(26-19)27-24(30)25(12-13-25)18-10-11-20-21(14-18)32-15-31-20;1-15-11-16(2)23(17(3)12-15)19-5-4-6-22(26-19)27-24(28)25(9-10-25)18-7-8-20-21(13-18)30-14-29-20;1-28-18-8-6-15(24)12-16(18)17-3-2-4-21(25-17)26-22(27)23(9-10-23)14-5-7-19-20(11-14)30-13-29-19;1-27-18-5-3-2-4-17(18)15-6-9-21(24-13-15)25-22(26)23(10-11-23)16-7-8-19-20(12-16)29-14-28-19;26-13-15-2-1-3-16(10-15)17-4-7-21(24-12-17)25-22(27)23(8-9-23)18-5-6-19-20(11-18)29-14-28-19/h3-11,14H,12-13,15H2,1-2H3,(H,26,27,30);4-8,11-13H,9-10,14H2,1-3H3,(H,26,27,28);2-8,11-12H,9-10,13H2,1H3,(H,25,26,27);2-9,12-13H,10-11,14H2,1H3,(H,24,25,26);1-7,10-12,26H,8-9,13-14H2,(H,24,25,27). The number of nitrogens with zero attached hydrogens (tertiary/aromatic N) is 6. The summed E-state index contributed by atoms with van der Waals surface area (Å²) in [6.45, 7) is 7.36. The van der Waals surface area contributed by atoms with Gasteiger partial charge in [0.2, 0.25) is 63.5 Å². The van der Waals surface area contributed by atoms with Crippen LogP contribution in [0.5, 0.6) is 69.0 Å². The number of hydrogen-bond donors (Lipinski definition) is 6. The molecule has 0 unspecified atom stereocenters. The highest BCUT2D eigenvalue weighted by atomic mass is 19.1. The van der Waals surface area contributed by atoms with Crippen molar-refractivity contribution in [1.82, 2.24) is 29.8 Å². The Morgan fingerprint density at radius 1 is 0.333 bits per heavy atom. The predicted molar refractivity (Wildman–Crippen MR) is 560 cm³/mol. The number of para-hydroxylation sites is 1. The van der Waals surface area contributed by atoms with Crippen molar-refractivity contribution in [3.05, 3.63) is 347 Å². The van der Waals surface area contributed by atoms with Crippen LogP contribution in [0.1, 0.15) is 125 Å². The van der Waals surface area contributed by atoms with Gasteiger partial charge in [-0.05, 0) is 299 Å². The van der Waals surface area contributed by atoms with Crippen molar-refractivity contribution in [1.29, 1.82) is 0 Å². The van der Waals surface area contributed by atoms with Gasteiger partial charge < -0.3 is 93.4 Å². The quantitative estimate of drug-likeness (QED) is 0.0327. The van der Waals surface area contributed by atoms with Crippen LogP contribution < -0.4 is 83.4 Å². The molecule has 5 aromatic heterocycles. The smallest absolute Gasteiger partial charge is 0.253 e. The van der Waals surface area contributed by atoms with Crippen molar-refractivity contribution >= 4 is 64.5 Å². The summed E-state index contributed by atoms with van der Waals surface area (Å²) in [7, 11) is 6.61. The van der Waals surface area contributed by atoms with Crippen LogP contribution in [-0.4, -0.2) is 133 Å². The minimum Gasteiger partial charge on any atom is -0.496 e. The van der Waals surface area contributed by atoms with Gasteiger partial charge in [0.25, 0.3) is 5.91 Å². The maximum absolute atomic E-state index is 13.8. The predicted octanol–water partition coefficient (Wildman–Crippen LogP) is 21.0. The van der Waals surface area contributed by atoms with E-state index in [4.69, 9.17) is 61.8 Å². The molecule has 25 rings (SSSR count). The number of aryl methyl sites for hydroxylation is 3. The van der Waals surface area contributed by atoms with E-state index in [2.05, 4.69) is 79.4 Å². The fourth-order valence-corrected chi connectivity index (χ4v) is 19.5. The monoisotopic (exact) mass is 2010 g/mol. The number of hydrogen-bond acceptors (Lipinski definition) is 24. The van der Waals surface area contributed by atoms with Gasteiger partial charge in [-0.25, -0.2) is 29.3 Å². The third-order valence-electron chi connectivity index (χ3n) is 28.6. The number of halogens is 1. The molecule has 30 nitrogen and oxygen atoms in total. The van der Waals surface area contributed by atoms with Crippen molar-refractivity contribution in [3.8, 4) is 125 Å². The number of ether oxygens (including phenoxy) is 12. The molecule has 5 fully saturated rings. The number of benzene rings is 10. The summed E-state index contributed by atoms with van der Waals surface area (Å²) in [6, 6.07) is 83.7. The maximum Gasteiger partial charge on any atom is 0.253 e. The molecule has 0 spiro atoms. The maximum atomic E-state index is 13.8. The van der Waals surface area contributed by atoms with Crippen LogP contribution in [0.2, 0.25) is 0 Å². The van der Waals surface area contributed by atoms with E-state index in [1.54, 1.807) is 82.1 Å². The highest BCUT2D eigenvalue weighted by molar-refractivity contribution is 6.05. The van der Waals surface area contributed by atoms with Crippen LogP contribution in [0.15, 0.2) is 285 Å². The second-order valence-corrected chi connectivity index (χ2v) is 38.6. The first kappa shape index (κ1) is 98.3. The summed E-state index contributed by atoms with van der Waals surface area (Å²) in [5, 5.41) is 24.2. The summed E-state index contributed by atoms with van der Waals surface area (Å²) < 4.78 is 78.6. The van der Waals surface area contributed by atoms with Gasteiger partial charge in [0, 0.05) is 65.4 Å². The Bertz CT molecular complexity index is 7740. The number of carbonyl (C=O) groups excluding carboxylic acids is 6. The summed E-state index contributed by atoms with van der Waals surface area (Å²) in [5.74, 6) is 10.0. The first-order valence-corrected chi connectivity index (χ1v) is 49.4. The Kier molecular flexibility index (Phi) is 27.1. The lowest BCUT2D eigenvalue weighted by Gasteiger charge is -2.17. The third kappa shape index (κ3) is 20.4. The minimum atomic E-state index is -0.602. The zero-order valence-electron chi connectivity index (χ0n) is 83.3. The van der Waals surface area contributed by atoms with Crippen LogP contribution in [-0.2, 0) is 57.7 Å². The largest absolute Gasteiger partial charge is 0.496 e. The van der Waals surface area contributed by atoms with Crippen molar-refractivity contribution in [2.75, 3.05) is 88.9 Å². The highest BCUT2D eigenvalue weighted by Gasteiger charge is 2.56. The van der Waals surface area contributed by atoms with Crippen molar-refractivity contribution < 1.29 is 95.1 Å². The third-order valence-corrected chi connectivity index (χ3v) is 28.6. The molecule has 15 aromatic rings. The number of amides is 6. The van der Waals surface area contributed by atoms with Crippen LogP contribution in [0.4, 0.5) is 33.5 Å². The molecule has 0 radical (unpaired) electrons. The molecular weight excluding hydrogens is 1910 g/mol. The van der Waals surface area contributed by atoms with Gasteiger partial charge in [0.05, 0.1) is 65.0 Å². The Labute approximate surface area is 864 Å². The number of aliphatic hydroxyl groups excluding tert-OH is 1. The van der Waals surface area contributed by atoms with Crippen LogP contribution in [0.3, 0.4) is 0 Å². The summed E-state index contributed by atoms with van der Waals surface area (Å²) in [4.78, 5) is 102. The van der Waals surface area contributed by atoms with Gasteiger partial charge in [0.15, 0.2) is 57.5 Å². The van der Waals surface area contributed by atoms with Gasteiger partial charge in [0.1, 0.15) is 46.4 Å². The molecule has 31 heteroatoms. The number of carbonyl (C=O) groups is 6. The van der Waals surface area contributed by atoms with Gasteiger partial charge in [-0.15, -0.1) is 0 Å². The zero-order chi connectivity index (χ0) is 104. The molecule has 5 aliphatic heterocycles. The number of aromatic nitrogens is 5. The molecule has 5 saturated carbocycles. The number of nitrogens with one attached hydrogen (secondary N) is 5. The minimum absolute atomic E-state index is 0.00263. The molecule has 10 heterocycles. The number of fused-ring (bicyclic) bond motifs is 5. The highest BCUT2D eigenvalue weighted by Crippen LogP contribution is 2.57. The number of anilines is 5.